The van der Waals surface area contributed by atoms with Gasteiger partial charge in [-0.15, -0.1) is 0 Å². The van der Waals surface area contributed by atoms with Crippen LogP contribution in [0.2, 0.25) is 0 Å². The van der Waals surface area contributed by atoms with Crippen molar-refractivity contribution in [1.29, 1.82) is 0 Å². The first-order valence-corrected chi connectivity index (χ1v) is 16.8. The number of nitrogens with zero attached hydrogens (tertiary/aromatic N) is 1. The van der Waals surface area contributed by atoms with Crippen LogP contribution >= 0.6 is 0 Å². The maximum atomic E-state index is 3.66. The van der Waals surface area contributed by atoms with Crippen LogP contribution in [0.25, 0.3) is 0 Å². The number of imidazole rings is 1. The first-order chi connectivity index (χ1) is 17.7. The molecule has 1 aromatic rings. The molecule has 0 aromatic carbocycles. The molecule has 1 rings (SSSR count). The lowest BCUT2D eigenvalue weighted by Gasteiger charge is -2.16. The lowest BCUT2D eigenvalue weighted by molar-refractivity contribution is -0.727. The van der Waals surface area contributed by atoms with Crippen LogP contribution in [-0.4, -0.2) is 4.98 Å². The molecule has 1 aromatic heterocycles. The fraction of sp³-hybridized carbons (Fsp3) is 0.912. The van der Waals surface area contributed by atoms with Gasteiger partial charge in [-0.2, -0.15) is 0 Å². The van der Waals surface area contributed by atoms with E-state index in [1.54, 1.807) is 0 Å². The molecule has 0 bridgehead atoms. The van der Waals surface area contributed by atoms with Crippen molar-refractivity contribution in [3.63, 3.8) is 0 Å². The van der Waals surface area contributed by atoms with Crippen LogP contribution in [0.5, 0.6) is 0 Å². The van der Waals surface area contributed by atoms with Gasteiger partial charge in [0.15, 0.2) is 0 Å². The van der Waals surface area contributed by atoms with Crippen molar-refractivity contribution in [2.24, 2.45) is 0 Å². The zero-order valence-corrected chi connectivity index (χ0v) is 25.4. The van der Waals surface area contributed by atoms with Crippen LogP contribution in [0.1, 0.15) is 206 Å². The van der Waals surface area contributed by atoms with Crippen LogP contribution in [0, 0.1) is 0 Å². The SMILES string of the molecule is CCCCCCCCCCCCCCCC(CCC)c1[nH]cc[n+]1C(C)CCCCCCCCCC. The van der Waals surface area contributed by atoms with Crippen molar-refractivity contribution in [3.8, 4) is 0 Å². The van der Waals surface area contributed by atoms with Crippen LogP contribution in [0.15, 0.2) is 12.4 Å². The lowest BCUT2D eigenvalue weighted by atomic mass is 9.94. The monoisotopic (exact) mass is 504 g/mol. The Balaban J connectivity index is 2.20. The van der Waals surface area contributed by atoms with E-state index in [1.165, 1.54) is 166 Å². The number of hydrogen-bond donors (Lipinski definition) is 1. The molecule has 0 saturated carbocycles. The second-order valence-electron chi connectivity index (χ2n) is 11.9. The maximum absolute atomic E-state index is 3.66. The van der Waals surface area contributed by atoms with Crippen molar-refractivity contribution in [2.75, 3.05) is 0 Å². The van der Waals surface area contributed by atoms with Crippen molar-refractivity contribution in [2.45, 2.75) is 200 Å². The van der Waals surface area contributed by atoms with E-state index in [1.807, 2.05) is 0 Å². The molecule has 2 nitrogen and oxygen atoms in total. The van der Waals surface area contributed by atoms with Gasteiger partial charge in [-0.1, -0.05) is 156 Å². The zero-order valence-electron chi connectivity index (χ0n) is 25.4. The summed E-state index contributed by atoms with van der Waals surface area (Å²) in [5.74, 6) is 2.21. The predicted octanol–water partition coefficient (Wildman–Crippen LogP) is 11.8. The summed E-state index contributed by atoms with van der Waals surface area (Å²) in [5.41, 5.74) is 0. The molecule has 0 aliphatic rings. The van der Waals surface area contributed by atoms with Crippen molar-refractivity contribution in [3.05, 3.63) is 18.2 Å². The minimum atomic E-state index is 0.623. The number of rotatable bonds is 27. The smallest absolute Gasteiger partial charge is 0.247 e. The zero-order chi connectivity index (χ0) is 26.1. The summed E-state index contributed by atoms with van der Waals surface area (Å²) in [6.07, 6.45) is 39.8. The van der Waals surface area contributed by atoms with Crippen LogP contribution < -0.4 is 4.57 Å². The predicted molar refractivity (Wildman–Crippen MR) is 161 cm³/mol. The molecule has 36 heavy (non-hydrogen) atoms. The second kappa shape index (κ2) is 24.5. The summed E-state index contributed by atoms with van der Waals surface area (Å²) in [7, 11) is 0. The van der Waals surface area contributed by atoms with E-state index in [0.29, 0.717) is 12.0 Å². The standard InChI is InChI=1S/C34H66N2/c1-5-8-10-12-14-16-17-18-19-20-22-24-26-29-33(27-7-3)34-35-30-31-36(34)32(4)28-25-23-21-15-13-11-9-6-2/h30-33H,5-29H2,1-4H3/p+1. The molecule has 0 aliphatic carbocycles. The molecular formula is C34H67N2+. The largest absolute Gasteiger partial charge is 0.257 e. The van der Waals surface area contributed by atoms with Gasteiger partial charge in [-0.05, 0) is 32.6 Å². The normalized spacial score (nSPS) is 13.3. The van der Waals surface area contributed by atoms with Crippen molar-refractivity contribution >= 4 is 0 Å². The number of aromatic amines is 1. The molecular weight excluding hydrogens is 436 g/mol. The van der Waals surface area contributed by atoms with E-state index < -0.39 is 0 Å². The van der Waals surface area contributed by atoms with Crippen LogP contribution in [-0.2, 0) is 0 Å². The van der Waals surface area contributed by atoms with Gasteiger partial charge in [0.25, 0.3) is 5.82 Å². The van der Waals surface area contributed by atoms with Gasteiger partial charge in [0.2, 0.25) is 0 Å². The minimum absolute atomic E-state index is 0.623. The van der Waals surface area contributed by atoms with E-state index in [0.717, 1.165) is 0 Å². The van der Waals surface area contributed by atoms with Gasteiger partial charge in [0.05, 0.1) is 12.0 Å². The van der Waals surface area contributed by atoms with Gasteiger partial charge in [0.1, 0.15) is 12.4 Å². The Kier molecular flexibility index (Phi) is 22.7. The maximum Gasteiger partial charge on any atom is 0.257 e. The first kappa shape index (κ1) is 33.2. The Labute approximate surface area is 227 Å². The van der Waals surface area contributed by atoms with E-state index in [2.05, 4.69) is 49.6 Å². The molecule has 2 atom stereocenters. The van der Waals surface area contributed by atoms with Gasteiger partial charge in [-0.25, -0.2) is 9.55 Å². The minimum Gasteiger partial charge on any atom is -0.247 e. The van der Waals surface area contributed by atoms with E-state index in [-0.39, 0.29) is 0 Å². The van der Waals surface area contributed by atoms with E-state index >= 15 is 0 Å². The highest BCUT2D eigenvalue weighted by atomic mass is 15.1. The summed E-state index contributed by atoms with van der Waals surface area (Å²) in [6, 6.07) is 0.623. The number of H-pyrrole nitrogens is 1. The summed E-state index contributed by atoms with van der Waals surface area (Å²) >= 11 is 0. The third kappa shape index (κ3) is 16.9. The Morgan fingerprint density at radius 2 is 0.944 bits per heavy atom. The molecule has 1 N–H and O–H groups in total. The van der Waals surface area contributed by atoms with Crippen LogP contribution in [0.4, 0.5) is 0 Å². The number of hydrogen-bond acceptors (Lipinski definition) is 0. The fourth-order valence-corrected chi connectivity index (χ4v) is 5.96. The summed E-state index contributed by atoms with van der Waals surface area (Å²) in [6.45, 7) is 9.40. The first-order valence-electron chi connectivity index (χ1n) is 16.8. The second-order valence-corrected chi connectivity index (χ2v) is 11.9. The molecule has 0 fully saturated rings. The highest BCUT2D eigenvalue weighted by Crippen LogP contribution is 2.26. The third-order valence-corrected chi connectivity index (χ3v) is 8.37. The molecule has 0 amide bonds. The highest BCUT2D eigenvalue weighted by molar-refractivity contribution is 4.90. The topological polar surface area (TPSA) is 19.7 Å². The average Bonchev–Trinajstić information content (AvgIpc) is 3.37. The summed E-state index contributed by atoms with van der Waals surface area (Å²) in [5, 5.41) is 0. The Bertz CT molecular complexity index is 563. The molecule has 212 valence electrons. The molecule has 2 heteroatoms. The molecule has 1 heterocycles. The summed E-state index contributed by atoms with van der Waals surface area (Å²) < 4.78 is 2.59. The van der Waals surface area contributed by atoms with Gasteiger partial charge < -0.3 is 0 Å². The van der Waals surface area contributed by atoms with Crippen molar-refractivity contribution < 1.29 is 4.57 Å². The Morgan fingerprint density at radius 1 is 0.528 bits per heavy atom. The highest BCUT2D eigenvalue weighted by Gasteiger charge is 2.24. The fourth-order valence-electron chi connectivity index (χ4n) is 5.96. The average molecular weight is 504 g/mol. The van der Waals surface area contributed by atoms with E-state index in [9.17, 15) is 0 Å². The van der Waals surface area contributed by atoms with Crippen LogP contribution in [0.3, 0.4) is 0 Å². The quantitative estimate of drug-likeness (QED) is 0.0909. The molecule has 0 radical (unpaired) electrons. The molecule has 0 spiro atoms. The molecule has 0 aliphatic heterocycles. The van der Waals surface area contributed by atoms with E-state index in [4.69, 9.17) is 0 Å². The lowest BCUT2D eigenvalue weighted by Crippen LogP contribution is -2.41. The Hall–Kier alpha value is -0.790. The summed E-state index contributed by atoms with van der Waals surface area (Å²) in [4.78, 5) is 3.66. The van der Waals surface area contributed by atoms with Gasteiger partial charge in [-0.3, -0.25) is 0 Å². The van der Waals surface area contributed by atoms with Gasteiger partial charge in [0, 0.05) is 0 Å². The number of aromatic nitrogens is 2. The molecule has 2 unspecified atom stereocenters. The number of unbranched alkanes of at least 4 members (excludes halogenated alkanes) is 19. The number of nitrogens with one attached hydrogen (secondary N) is 1. The third-order valence-electron chi connectivity index (χ3n) is 8.37. The Morgan fingerprint density at radius 3 is 1.39 bits per heavy atom. The van der Waals surface area contributed by atoms with Crippen molar-refractivity contribution in [1.82, 2.24) is 4.98 Å². The molecule has 0 saturated heterocycles. The van der Waals surface area contributed by atoms with Gasteiger partial charge >= 0.3 is 0 Å².